The summed E-state index contributed by atoms with van der Waals surface area (Å²) < 4.78 is 7.75. The van der Waals surface area contributed by atoms with Crippen LogP contribution >= 0.6 is 35.6 Å². The van der Waals surface area contributed by atoms with Gasteiger partial charge in [0.2, 0.25) is 10.3 Å². The van der Waals surface area contributed by atoms with Gasteiger partial charge in [-0.15, -0.1) is 5.10 Å². The Hall–Kier alpha value is -2.95. The van der Waals surface area contributed by atoms with Crippen molar-refractivity contribution in [1.82, 2.24) is 30.1 Å². The maximum absolute atomic E-state index is 14.0. The summed E-state index contributed by atoms with van der Waals surface area (Å²) in [4.78, 5) is 19.3. The van der Waals surface area contributed by atoms with Crippen molar-refractivity contribution >= 4 is 56.8 Å². The van der Waals surface area contributed by atoms with Crippen molar-refractivity contribution in [3.63, 3.8) is 0 Å². The highest BCUT2D eigenvalue weighted by Crippen LogP contribution is 2.34. The Morgan fingerprint density at radius 3 is 2.75 bits per heavy atom. The van der Waals surface area contributed by atoms with Crippen molar-refractivity contribution in [3.05, 3.63) is 76.7 Å². The van der Waals surface area contributed by atoms with Gasteiger partial charge < -0.3 is 14.6 Å². The summed E-state index contributed by atoms with van der Waals surface area (Å²) >= 11 is 12.8. The zero-order valence-corrected chi connectivity index (χ0v) is 24.9. The standard InChI is InChI=1S/C29H33ClN6O2S2/c1-2-38-29(39)40-19-26(37)35(17-16-21-18-31-25-11-7-6-10-24(21)25)27(20-12-14-22(30)15-13-20)28-32-33-34-36(28)23-8-4-3-5-9-23/h6-7,10-15,18,23,27,31H,2-5,8-9,16-17,19H2,1H3. The average molecular weight is 597 g/mol. The Labute approximate surface area is 248 Å². The van der Waals surface area contributed by atoms with E-state index in [0.29, 0.717) is 34.8 Å². The first-order valence-electron chi connectivity index (χ1n) is 13.7. The van der Waals surface area contributed by atoms with Crippen LogP contribution in [-0.2, 0) is 16.0 Å². The number of fused-ring (bicyclic) bond motifs is 1. The number of para-hydroxylation sites is 1. The predicted molar refractivity (Wildman–Crippen MR) is 164 cm³/mol. The molecule has 11 heteroatoms. The number of thioether (sulfide) groups is 1. The first-order chi connectivity index (χ1) is 19.5. The van der Waals surface area contributed by atoms with Crippen LogP contribution in [0.4, 0.5) is 0 Å². The van der Waals surface area contributed by atoms with Gasteiger partial charge >= 0.3 is 0 Å². The van der Waals surface area contributed by atoms with E-state index in [1.807, 2.05) is 59.1 Å². The molecule has 1 fully saturated rings. The van der Waals surface area contributed by atoms with E-state index in [-0.39, 0.29) is 17.7 Å². The number of nitrogens with one attached hydrogen (secondary N) is 1. The summed E-state index contributed by atoms with van der Waals surface area (Å²) in [5, 5.41) is 14.8. The highest BCUT2D eigenvalue weighted by molar-refractivity contribution is 8.23. The predicted octanol–water partition coefficient (Wildman–Crippen LogP) is 6.53. The van der Waals surface area contributed by atoms with Crippen LogP contribution in [0.15, 0.2) is 54.7 Å². The van der Waals surface area contributed by atoms with Crippen molar-refractivity contribution in [1.29, 1.82) is 0 Å². The summed E-state index contributed by atoms with van der Waals surface area (Å²) in [6.45, 7) is 2.81. The Bertz CT molecular complexity index is 1430. The van der Waals surface area contributed by atoms with Gasteiger partial charge in [0, 0.05) is 28.7 Å². The number of tetrazole rings is 1. The second-order valence-electron chi connectivity index (χ2n) is 9.90. The highest BCUT2D eigenvalue weighted by atomic mass is 35.5. The molecule has 40 heavy (non-hydrogen) atoms. The average Bonchev–Trinajstić information content (AvgIpc) is 3.63. The van der Waals surface area contributed by atoms with E-state index in [1.165, 1.54) is 18.2 Å². The maximum Gasteiger partial charge on any atom is 0.233 e. The minimum Gasteiger partial charge on any atom is -0.479 e. The van der Waals surface area contributed by atoms with Crippen LogP contribution in [0.5, 0.6) is 0 Å². The van der Waals surface area contributed by atoms with Gasteiger partial charge in [-0.1, -0.05) is 73.0 Å². The number of rotatable bonds is 10. The second kappa shape index (κ2) is 13.6. The smallest absolute Gasteiger partial charge is 0.233 e. The third kappa shape index (κ3) is 6.67. The van der Waals surface area contributed by atoms with Gasteiger partial charge in [0.1, 0.15) is 6.04 Å². The minimum atomic E-state index is -0.492. The zero-order chi connectivity index (χ0) is 27.9. The second-order valence-corrected chi connectivity index (χ2v) is 11.9. The quantitative estimate of drug-likeness (QED) is 0.208. The molecule has 8 nitrogen and oxygen atoms in total. The fourth-order valence-corrected chi connectivity index (χ4v) is 6.45. The lowest BCUT2D eigenvalue weighted by molar-refractivity contribution is -0.130. The molecule has 1 saturated carbocycles. The lowest BCUT2D eigenvalue weighted by Crippen LogP contribution is -2.40. The number of aromatic nitrogens is 5. The topological polar surface area (TPSA) is 88.9 Å². The monoisotopic (exact) mass is 596 g/mol. The summed E-state index contributed by atoms with van der Waals surface area (Å²) in [6.07, 6.45) is 8.23. The SMILES string of the molecule is CCOC(=S)SCC(=O)N(CCc1c[nH]c2ccccc12)C(c1ccc(Cl)cc1)c1nnnn1C1CCCCC1. The Morgan fingerprint density at radius 1 is 1.20 bits per heavy atom. The van der Waals surface area contributed by atoms with Crippen molar-refractivity contribution < 1.29 is 9.53 Å². The molecule has 1 aliphatic carbocycles. The number of hydrogen-bond donors (Lipinski definition) is 1. The molecule has 1 N–H and O–H groups in total. The van der Waals surface area contributed by atoms with Crippen LogP contribution in [-0.4, -0.2) is 59.3 Å². The van der Waals surface area contributed by atoms with Gasteiger partial charge in [-0.25, -0.2) is 4.68 Å². The molecule has 1 amide bonds. The maximum atomic E-state index is 14.0. The van der Waals surface area contributed by atoms with E-state index in [9.17, 15) is 4.79 Å². The Kier molecular flexibility index (Phi) is 9.72. The summed E-state index contributed by atoms with van der Waals surface area (Å²) in [5.74, 6) is 0.755. The molecule has 1 aliphatic rings. The van der Waals surface area contributed by atoms with E-state index in [1.54, 1.807) is 0 Å². The van der Waals surface area contributed by atoms with Crippen LogP contribution < -0.4 is 0 Å². The molecule has 2 aromatic heterocycles. The zero-order valence-electron chi connectivity index (χ0n) is 22.5. The number of carbonyl (C=O) groups is 1. The van der Waals surface area contributed by atoms with Crippen molar-refractivity contribution in [2.45, 2.75) is 57.5 Å². The van der Waals surface area contributed by atoms with E-state index in [4.69, 9.17) is 28.6 Å². The molecule has 0 radical (unpaired) electrons. The van der Waals surface area contributed by atoms with Crippen LogP contribution in [0.3, 0.4) is 0 Å². The fraction of sp³-hybridized carbons (Fsp3) is 0.414. The van der Waals surface area contributed by atoms with E-state index in [2.05, 4.69) is 32.6 Å². The van der Waals surface area contributed by atoms with Crippen molar-refractivity contribution in [3.8, 4) is 0 Å². The van der Waals surface area contributed by atoms with Gasteiger partial charge in [-0.05, 0) is 78.2 Å². The molecule has 2 aromatic carbocycles. The molecule has 4 aromatic rings. The first kappa shape index (κ1) is 28.6. The fourth-order valence-electron chi connectivity index (χ4n) is 5.42. The number of benzene rings is 2. The van der Waals surface area contributed by atoms with Crippen LogP contribution in [0.2, 0.25) is 5.02 Å². The number of thiocarbonyl (C=S) groups is 1. The van der Waals surface area contributed by atoms with Crippen LogP contribution in [0, 0.1) is 0 Å². The summed E-state index contributed by atoms with van der Waals surface area (Å²) in [6, 6.07) is 15.5. The summed E-state index contributed by atoms with van der Waals surface area (Å²) in [7, 11) is 0. The number of halogens is 1. The lowest BCUT2D eigenvalue weighted by Gasteiger charge is -2.33. The molecule has 0 saturated heterocycles. The molecule has 0 bridgehead atoms. The molecular weight excluding hydrogens is 564 g/mol. The van der Waals surface area contributed by atoms with Gasteiger partial charge in [0.25, 0.3) is 0 Å². The van der Waals surface area contributed by atoms with E-state index < -0.39 is 6.04 Å². The molecule has 1 atom stereocenters. The number of nitrogens with zero attached hydrogens (tertiary/aromatic N) is 5. The minimum absolute atomic E-state index is 0.0648. The van der Waals surface area contributed by atoms with Crippen LogP contribution in [0.25, 0.3) is 10.9 Å². The van der Waals surface area contributed by atoms with Gasteiger partial charge in [-0.2, -0.15) is 0 Å². The van der Waals surface area contributed by atoms with Crippen LogP contribution in [0.1, 0.15) is 68.1 Å². The molecule has 0 aliphatic heterocycles. The number of amides is 1. The van der Waals surface area contributed by atoms with Gasteiger partial charge in [-0.3, -0.25) is 4.79 Å². The van der Waals surface area contributed by atoms with Gasteiger partial charge in [0.05, 0.1) is 18.4 Å². The molecule has 2 heterocycles. The number of H-pyrrole nitrogens is 1. The third-order valence-electron chi connectivity index (χ3n) is 7.37. The molecule has 0 spiro atoms. The number of aromatic amines is 1. The van der Waals surface area contributed by atoms with E-state index in [0.717, 1.165) is 47.7 Å². The number of ether oxygens (including phenoxy) is 1. The molecule has 5 rings (SSSR count). The summed E-state index contributed by atoms with van der Waals surface area (Å²) in [5.41, 5.74) is 3.12. The van der Waals surface area contributed by atoms with E-state index >= 15 is 0 Å². The first-order valence-corrected chi connectivity index (χ1v) is 15.5. The molecule has 210 valence electrons. The van der Waals surface area contributed by atoms with Crippen molar-refractivity contribution in [2.24, 2.45) is 0 Å². The van der Waals surface area contributed by atoms with Crippen molar-refractivity contribution in [2.75, 3.05) is 18.9 Å². The Morgan fingerprint density at radius 2 is 1.98 bits per heavy atom. The largest absolute Gasteiger partial charge is 0.479 e. The third-order valence-corrected chi connectivity index (χ3v) is 8.84. The lowest BCUT2D eigenvalue weighted by atomic mass is 9.95. The number of hydrogen-bond acceptors (Lipinski definition) is 7. The van der Waals surface area contributed by atoms with Gasteiger partial charge in [0.15, 0.2) is 5.82 Å². The molecule has 1 unspecified atom stereocenters. The molecular formula is C29H33ClN6O2S2. The normalized spacial score (nSPS) is 14.8. The Balaban J connectivity index is 1.52. The highest BCUT2D eigenvalue weighted by Gasteiger charge is 2.33. The number of carbonyl (C=O) groups excluding carboxylic acids is 1.